The highest BCUT2D eigenvalue weighted by Gasteiger charge is 2.30. The minimum atomic E-state index is -0.476. The predicted molar refractivity (Wildman–Crippen MR) is 119 cm³/mol. The van der Waals surface area contributed by atoms with Crippen LogP contribution in [0.25, 0.3) is 16.8 Å². The van der Waals surface area contributed by atoms with Gasteiger partial charge in [-0.2, -0.15) is 0 Å². The van der Waals surface area contributed by atoms with Gasteiger partial charge in [0.25, 0.3) is 0 Å². The lowest BCUT2D eigenvalue weighted by atomic mass is 10.1. The Labute approximate surface area is 194 Å². The van der Waals surface area contributed by atoms with Gasteiger partial charge in [-0.05, 0) is 0 Å². The van der Waals surface area contributed by atoms with Crippen molar-refractivity contribution in [1.82, 2.24) is 29.3 Å². The SMILES string of the molecule is COc1cnc(C2OCCc3nc4cc(F)c(-c5cnc(N6CCOCC6)nc5)cn4c32)cn1. The molecule has 1 unspecified atom stereocenters. The molecule has 11 heteroatoms. The van der Waals surface area contributed by atoms with E-state index in [-0.39, 0.29) is 5.82 Å². The maximum atomic E-state index is 15.1. The van der Waals surface area contributed by atoms with Gasteiger partial charge in [-0.25, -0.2) is 24.3 Å². The number of imidazole rings is 1. The first-order valence-corrected chi connectivity index (χ1v) is 11.0. The summed E-state index contributed by atoms with van der Waals surface area (Å²) >= 11 is 0. The smallest absolute Gasteiger partial charge is 0.231 e. The number of anilines is 1. The largest absolute Gasteiger partial charge is 0.480 e. The summed E-state index contributed by atoms with van der Waals surface area (Å²) in [6.07, 6.45) is 8.35. The Morgan fingerprint density at radius 1 is 1.03 bits per heavy atom. The Bertz CT molecular complexity index is 1320. The van der Waals surface area contributed by atoms with Crippen LogP contribution in [-0.4, -0.2) is 69.3 Å². The van der Waals surface area contributed by atoms with Gasteiger partial charge in [0.2, 0.25) is 11.8 Å². The molecule has 1 atom stereocenters. The second kappa shape index (κ2) is 8.58. The third kappa shape index (κ3) is 3.62. The van der Waals surface area contributed by atoms with Gasteiger partial charge >= 0.3 is 0 Å². The van der Waals surface area contributed by atoms with Gasteiger partial charge in [-0.3, -0.25) is 9.38 Å². The summed E-state index contributed by atoms with van der Waals surface area (Å²) in [6.45, 7) is 3.24. The van der Waals surface area contributed by atoms with Crippen molar-refractivity contribution in [3.05, 3.63) is 59.9 Å². The fourth-order valence-corrected chi connectivity index (χ4v) is 4.34. The van der Waals surface area contributed by atoms with Crippen molar-refractivity contribution in [2.75, 3.05) is 44.9 Å². The third-order valence-corrected chi connectivity index (χ3v) is 6.06. The lowest BCUT2D eigenvalue weighted by Gasteiger charge is -2.26. The van der Waals surface area contributed by atoms with Gasteiger partial charge in [-0.1, -0.05) is 0 Å². The highest BCUT2D eigenvalue weighted by atomic mass is 19.1. The van der Waals surface area contributed by atoms with Crippen LogP contribution in [0.2, 0.25) is 0 Å². The Balaban J connectivity index is 1.39. The average molecular weight is 463 g/mol. The molecule has 6 rings (SSSR count). The summed E-state index contributed by atoms with van der Waals surface area (Å²) < 4.78 is 33.5. The van der Waals surface area contributed by atoms with Gasteiger partial charge in [-0.15, -0.1) is 0 Å². The number of hydrogen-bond donors (Lipinski definition) is 0. The van der Waals surface area contributed by atoms with E-state index in [9.17, 15) is 0 Å². The zero-order valence-electron chi connectivity index (χ0n) is 18.5. The second-order valence-electron chi connectivity index (χ2n) is 8.06. The summed E-state index contributed by atoms with van der Waals surface area (Å²) in [7, 11) is 1.54. The maximum absolute atomic E-state index is 15.1. The van der Waals surface area contributed by atoms with Crippen LogP contribution < -0.4 is 9.64 Å². The molecule has 10 nitrogen and oxygen atoms in total. The predicted octanol–water partition coefficient (Wildman–Crippen LogP) is 2.23. The molecule has 1 saturated heterocycles. The minimum absolute atomic E-state index is 0.381. The zero-order chi connectivity index (χ0) is 23.1. The molecule has 0 aliphatic carbocycles. The molecule has 0 bridgehead atoms. The van der Waals surface area contributed by atoms with Crippen molar-refractivity contribution < 1.29 is 18.6 Å². The molecule has 34 heavy (non-hydrogen) atoms. The number of nitrogens with zero attached hydrogens (tertiary/aromatic N) is 7. The topological polar surface area (TPSA) is 99.8 Å². The van der Waals surface area contributed by atoms with E-state index in [0.29, 0.717) is 60.5 Å². The molecule has 2 aliphatic rings. The molecule has 4 aromatic heterocycles. The number of halogens is 1. The summed E-state index contributed by atoms with van der Waals surface area (Å²) in [5, 5.41) is 0. The van der Waals surface area contributed by atoms with Crippen LogP contribution in [0.4, 0.5) is 10.3 Å². The molecule has 0 N–H and O–H groups in total. The average Bonchev–Trinajstić information content (AvgIpc) is 3.26. The van der Waals surface area contributed by atoms with E-state index >= 15 is 4.39 Å². The summed E-state index contributed by atoms with van der Waals surface area (Å²) in [4.78, 5) is 24.3. The number of morpholine rings is 1. The van der Waals surface area contributed by atoms with Gasteiger partial charge in [0.15, 0.2) is 0 Å². The van der Waals surface area contributed by atoms with Crippen molar-refractivity contribution >= 4 is 11.6 Å². The number of aromatic nitrogens is 6. The zero-order valence-corrected chi connectivity index (χ0v) is 18.5. The number of fused-ring (bicyclic) bond motifs is 3. The number of hydrogen-bond acceptors (Lipinski definition) is 9. The van der Waals surface area contributed by atoms with Crippen LogP contribution in [0.1, 0.15) is 23.2 Å². The van der Waals surface area contributed by atoms with Crippen LogP contribution in [0, 0.1) is 5.82 Å². The molecule has 0 saturated carbocycles. The van der Waals surface area contributed by atoms with Crippen molar-refractivity contribution in [2.24, 2.45) is 0 Å². The van der Waals surface area contributed by atoms with E-state index in [1.165, 1.54) is 13.2 Å². The highest BCUT2D eigenvalue weighted by molar-refractivity contribution is 5.65. The minimum Gasteiger partial charge on any atom is -0.480 e. The normalized spacial score (nSPS) is 18.2. The number of pyridine rings is 1. The van der Waals surface area contributed by atoms with E-state index in [4.69, 9.17) is 14.2 Å². The molecule has 0 spiro atoms. The molecule has 6 heterocycles. The Morgan fingerprint density at radius 3 is 2.59 bits per heavy atom. The molecule has 2 aliphatic heterocycles. The van der Waals surface area contributed by atoms with Crippen LogP contribution >= 0.6 is 0 Å². The van der Waals surface area contributed by atoms with Crippen LogP contribution in [0.15, 0.2) is 37.1 Å². The first kappa shape index (κ1) is 20.9. The highest BCUT2D eigenvalue weighted by Crippen LogP contribution is 2.34. The molecule has 4 aromatic rings. The van der Waals surface area contributed by atoms with Crippen molar-refractivity contribution in [2.45, 2.75) is 12.5 Å². The fraction of sp³-hybridized carbons (Fsp3) is 0.348. The van der Waals surface area contributed by atoms with Gasteiger partial charge in [0, 0.05) is 55.3 Å². The second-order valence-corrected chi connectivity index (χ2v) is 8.06. The van der Waals surface area contributed by atoms with E-state index in [1.807, 2.05) is 4.40 Å². The van der Waals surface area contributed by atoms with E-state index < -0.39 is 6.10 Å². The van der Waals surface area contributed by atoms with Crippen molar-refractivity contribution in [1.29, 1.82) is 0 Å². The molecule has 0 aromatic carbocycles. The summed E-state index contributed by atoms with van der Waals surface area (Å²) in [5.74, 6) is 0.641. The van der Waals surface area contributed by atoms with Crippen molar-refractivity contribution in [3.8, 4) is 17.0 Å². The molecular formula is C23H22FN7O3. The third-order valence-electron chi connectivity index (χ3n) is 6.06. The van der Waals surface area contributed by atoms with Crippen LogP contribution in [-0.2, 0) is 15.9 Å². The molecule has 0 amide bonds. The Kier molecular flexibility index (Phi) is 5.27. The first-order valence-electron chi connectivity index (χ1n) is 11.0. The monoisotopic (exact) mass is 463 g/mol. The number of rotatable bonds is 4. The maximum Gasteiger partial charge on any atom is 0.231 e. The van der Waals surface area contributed by atoms with E-state index in [1.54, 1.807) is 31.0 Å². The lowest BCUT2D eigenvalue weighted by molar-refractivity contribution is 0.0623. The van der Waals surface area contributed by atoms with Gasteiger partial charge in [0.1, 0.15) is 17.6 Å². The van der Waals surface area contributed by atoms with Crippen molar-refractivity contribution in [3.63, 3.8) is 0 Å². The molecule has 1 fully saturated rings. The number of methoxy groups -OCH3 is 1. The quantitative estimate of drug-likeness (QED) is 0.451. The Hall–Kier alpha value is -3.70. The summed E-state index contributed by atoms with van der Waals surface area (Å²) in [6, 6.07) is 1.43. The molecule has 174 valence electrons. The van der Waals surface area contributed by atoms with E-state index in [2.05, 4.69) is 29.8 Å². The Morgan fingerprint density at radius 2 is 1.85 bits per heavy atom. The molecular weight excluding hydrogens is 441 g/mol. The van der Waals surface area contributed by atoms with Crippen LogP contribution in [0.5, 0.6) is 5.88 Å². The fourth-order valence-electron chi connectivity index (χ4n) is 4.34. The van der Waals surface area contributed by atoms with Gasteiger partial charge in [0.05, 0.1) is 56.4 Å². The van der Waals surface area contributed by atoms with Crippen LogP contribution in [0.3, 0.4) is 0 Å². The number of ether oxygens (including phenoxy) is 3. The van der Waals surface area contributed by atoms with E-state index in [0.717, 1.165) is 24.5 Å². The lowest BCUT2D eigenvalue weighted by Crippen LogP contribution is -2.37. The first-order chi connectivity index (χ1) is 16.7. The van der Waals surface area contributed by atoms with Gasteiger partial charge < -0.3 is 19.1 Å². The summed E-state index contributed by atoms with van der Waals surface area (Å²) in [5.41, 5.74) is 3.77. The molecule has 0 radical (unpaired) electrons. The standard InChI is InChI=1S/C23H22FN7O3/c1-32-20-12-25-18(11-26-20)22-21-17(2-5-34-22)29-19-8-16(24)15(13-31(19)21)14-9-27-23(28-10-14)30-3-6-33-7-4-30/h8-13,22H,2-7H2,1H3.